The maximum absolute atomic E-state index is 10.4. The smallest absolute Gasteiger partial charge is 0.235 e. The molecule has 0 fully saturated rings. The first-order valence-electron chi connectivity index (χ1n) is 7.23. The molecule has 0 aromatic heterocycles. The van der Waals surface area contributed by atoms with Crippen LogP contribution in [0.3, 0.4) is 0 Å². The third kappa shape index (κ3) is 3.74. The lowest BCUT2D eigenvalue weighted by atomic mass is 10.1. The maximum atomic E-state index is 10.4. The van der Waals surface area contributed by atoms with E-state index in [1.807, 2.05) is 36.4 Å². The molecule has 0 amide bonds. The molecule has 0 aliphatic carbocycles. The molecule has 0 heterocycles. The van der Waals surface area contributed by atoms with E-state index in [1.54, 1.807) is 12.1 Å². The third-order valence-corrected chi connectivity index (χ3v) is 3.52. The summed E-state index contributed by atoms with van der Waals surface area (Å²) in [5, 5.41) is 12.7. The Balaban J connectivity index is 1.77. The molecule has 0 aliphatic heterocycles. The van der Waals surface area contributed by atoms with Crippen molar-refractivity contribution in [2.24, 2.45) is 0 Å². The number of fused-ring (bicyclic) bond motifs is 1. The zero-order valence-corrected chi connectivity index (χ0v) is 12.4. The molecule has 4 nitrogen and oxygen atoms in total. The summed E-state index contributed by atoms with van der Waals surface area (Å²) in [6, 6.07) is 21.5. The van der Waals surface area contributed by atoms with E-state index in [-0.39, 0.29) is 0 Å². The van der Waals surface area contributed by atoms with Gasteiger partial charge in [-0.15, -0.1) is 0 Å². The highest BCUT2D eigenvalue weighted by molar-refractivity contribution is 5.85. The van der Waals surface area contributed by atoms with Gasteiger partial charge in [0.2, 0.25) is 6.20 Å². The van der Waals surface area contributed by atoms with E-state index in [0.717, 1.165) is 17.3 Å². The van der Waals surface area contributed by atoms with Crippen LogP contribution in [0.2, 0.25) is 0 Å². The Morgan fingerprint density at radius 1 is 1.00 bits per heavy atom. The lowest BCUT2D eigenvalue weighted by Crippen LogP contribution is -1.96. The van der Waals surface area contributed by atoms with Gasteiger partial charge < -0.3 is 4.74 Å². The fourth-order valence-corrected chi connectivity index (χ4v) is 2.43. The number of nitrogens with zero attached hydrogens (tertiary/aromatic N) is 1. The minimum absolute atomic E-state index is 0.448. The summed E-state index contributed by atoms with van der Waals surface area (Å²) in [5.74, 6) is 0.684. The Morgan fingerprint density at radius 3 is 2.65 bits per heavy atom. The fraction of sp³-hybridized carbons (Fsp3) is 0.0526. The molecular formula is C19H15NO3. The van der Waals surface area contributed by atoms with Crippen molar-refractivity contribution in [3.05, 3.63) is 94.2 Å². The monoisotopic (exact) mass is 305 g/mol. The molecule has 114 valence electrons. The van der Waals surface area contributed by atoms with Crippen molar-refractivity contribution in [2.75, 3.05) is 0 Å². The fourth-order valence-electron chi connectivity index (χ4n) is 2.43. The molecule has 0 radical (unpaired) electrons. The minimum Gasteiger partial charge on any atom is -0.489 e. The zero-order chi connectivity index (χ0) is 16.1. The molecule has 0 saturated heterocycles. The Bertz CT molecular complexity index is 866. The average Bonchev–Trinajstić information content (AvgIpc) is 2.58. The van der Waals surface area contributed by atoms with E-state index < -0.39 is 4.92 Å². The minimum atomic E-state index is -0.483. The quantitative estimate of drug-likeness (QED) is 0.508. The van der Waals surface area contributed by atoms with Gasteiger partial charge >= 0.3 is 0 Å². The standard InChI is InChI=1S/C19H15NO3/c21-20(22)12-11-15-5-3-9-18(13-15)23-14-17-8-4-7-16-6-1-2-10-19(16)17/h1-13H,14H2/b12-11+. The summed E-state index contributed by atoms with van der Waals surface area (Å²) in [7, 11) is 0. The van der Waals surface area contributed by atoms with Gasteiger partial charge in [0, 0.05) is 6.08 Å². The Labute approximate surface area is 133 Å². The Hall–Kier alpha value is -3.14. The van der Waals surface area contributed by atoms with Crippen LogP contribution in [0.1, 0.15) is 11.1 Å². The van der Waals surface area contributed by atoms with Gasteiger partial charge in [0.15, 0.2) is 0 Å². The van der Waals surface area contributed by atoms with Crippen LogP contribution in [0.15, 0.2) is 72.9 Å². The molecule has 4 heteroatoms. The van der Waals surface area contributed by atoms with Crippen molar-refractivity contribution in [1.29, 1.82) is 0 Å². The number of hydrogen-bond donors (Lipinski definition) is 0. The summed E-state index contributed by atoms with van der Waals surface area (Å²) >= 11 is 0. The first-order chi connectivity index (χ1) is 11.2. The van der Waals surface area contributed by atoms with E-state index >= 15 is 0 Å². The predicted molar refractivity (Wildman–Crippen MR) is 90.8 cm³/mol. The van der Waals surface area contributed by atoms with Crippen LogP contribution in [0.4, 0.5) is 0 Å². The highest BCUT2D eigenvalue weighted by atomic mass is 16.6. The molecular weight excluding hydrogens is 290 g/mol. The molecule has 0 spiro atoms. The van der Waals surface area contributed by atoms with Crippen LogP contribution >= 0.6 is 0 Å². The Morgan fingerprint density at radius 2 is 1.78 bits per heavy atom. The van der Waals surface area contributed by atoms with Crippen molar-refractivity contribution in [1.82, 2.24) is 0 Å². The average molecular weight is 305 g/mol. The SMILES string of the molecule is O=[N+]([O-])/C=C/c1cccc(OCc2cccc3ccccc23)c1. The molecule has 3 aromatic rings. The molecule has 3 aromatic carbocycles. The van der Waals surface area contributed by atoms with Crippen molar-refractivity contribution in [2.45, 2.75) is 6.61 Å². The third-order valence-electron chi connectivity index (χ3n) is 3.52. The Kier molecular flexibility index (Phi) is 4.34. The summed E-state index contributed by atoms with van der Waals surface area (Å²) < 4.78 is 5.84. The molecule has 0 aliphatic rings. The summed E-state index contributed by atoms with van der Waals surface area (Å²) in [6.45, 7) is 0.448. The molecule has 0 bridgehead atoms. The molecule has 3 rings (SSSR count). The lowest BCUT2D eigenvalue weighted by molar-refractivity contribution is -0.400. The summed E-state index contributed by atoms with van der Waals surface area (Å²) in [4.78, 5) is 9.90. The van der Waals surface area contributed by atoms with E-state index in [4.69, 9.17) is 4.74 Å². The van der Waals surface area contributed by atoms with E-state index in [0.29, 0.717) is 12.4 Å². The van der Waals surface area contributed by atoms with Crippen LogP contribution in [0, 0.1) is 10.1 Å². The predicted octanol–water partition coefficient (Wildman–Crippen LogP) is 4.67. The highest BCUT2D eigenvalue weighted by Crippen LogP contribution is 2.21. The van der Waals surface area contributed by atoms with Crippen LogP contribution < -0.4 is 4.74 Å². The van der Waals surface area contributed by atoms with Crippen molar-refractivity contribution in [3.8, 4) is 5.75 Å². The molecule has 0 atom stereocenters. The second-order valence-corrected chi connectivity index (χ2v) is 5.10. The molecule has 0 N–H and O–H groups in total. The maximum Gasteiger partial charge on any atom is 0.235 e. The molecule has 0 unspecified atom stereocenters. The van der Waals surface area contributed by atoms with Gasteiger partial charge in [-0.05, 0) is 34.0 Å². The number of rotatable bonds is 5. The second-order valence-electron chi connectivity index (χ2n) is 5.10. The van der Waals surface area contributed by atoms with Crippen molar-refractivity contribution in [3.63, 3.8) is 0 Å². The van der Waals surface area contributed by atoms with Gasteiger partial charge in [0.1, 0.15) is 12.4 Å². The van der Waals surface area contributed by atoms with Gasteiger partial charge in [-0.1, -0.05) is 54.6 Å². The van der Waals surface area contributed by atoms with Crippen LogP contribution in [-0.4, -0.2) is 4.92 Å². The van der Waals surface area contributed by atoms with Gasteiger partial charge in [0.25, 0.3) is 0 Å². The molecule has 0 saturated carbocycles. The first-order valence-corrected chi connectivity index (χ1v) is 7.23. The topological polar surface area (TPSA) is 52.4 Å². The van der Waals surface area contributed by atoms with Gasteiger partial charge in [-0.25, -0.2) is 0 Å². The van der Waals surface area contributed by atoms with Gasteiger partial charge in [0.05, 0.1) is 4.92 Å². The number of nitro groups is 1. The van der Waals surface area contributed by atoms with E-state index in [1.165, 1.54) is 16.8 Å². The van der Waals surface area contributed by atoms with Crippen molar-refractivity contribution >= 4 is 16.8 Å². The number of benzene rings is 3. The van der Waals surface area contributed by atoms with E-state index in [2.05, 4.69) is 18.2 Å². The van der Waals surface area contributed by atoms with Crippen LogP contribution in [0.25, 0.3) is 16.8 Å². The zero-order valence-electron chi connectivity index (χ0n) is 12.4. The number of hydrogen-bond acceptors (Lipinski definition) is 3. The van der Waals surface area contributed by atoms with E-state index in [9.17, 15) is 10.1 Å². The lowest BCUT2D eigenvalue weighted by Gasteiger charge is -2.09. The van der Waals surface area contributed by atoms with Crippen LogP contribution in [0.5, 0.6) is 5.75 Å². The summed E-state index contributed by atoms with van der Waals surface area (Å²) in [6.07, 6.45) is 2.37. The van der Waals surface area contributed by atoms with Crippen LogP contribution in [-0.2, 0) is 6.61 Å². The summed E-state index contributed by atoms with van der Waals surface area (Å²) in [5.41, 5.74) is 1.84. The van der Waals surface area contributed by atoms with Gasteiger partial charge in [-0.2, -0.15) is 0 Å². The first kappa shape index (κ1) is 14.8. The van der Waals surface area contributed by atoms with Crippen molar-refractivity contribution < 1.29 is 9.66 Å². The highest BCUT2D eigenvalue weighted by Gasteiger charge is 2.02. The normalized spacial score (nSPS) is 11.0. The second kappa shape index (κ2) is 6.75. The molecule has 23 heavy (non-hydrogen) atoms. The van der Waals surface area contributed by atoms with Gasteiger partial charge in [-0.3, -0.25) is 10.1 Å². The largest absolute Gasteiger partial charge is 0.489 e. The number of ether oxygens (including phenoxy) is 1.